The third-order valence-electron chi connectivity index (χ3n) is 5.65. The predicted octanol–water partition coefficient (Wildman–Crippen LogP) is 3.10. The second-order valence-corrected chi connectivity index (χ2v) is 10.1. The monoisotopic (exact) mass is 542 g/mol. The molecule has 4 rings (SSSR count). The SMILES string of the molecule is O=C(NC[C@@H](NCC1CC1)C(=O)Nc1ccc(N2CCOCC2=O)c(OC(F)F)c1)c1ccc(Cl)s1. The van der Waals surface area contributed by atoms with Gasteiger partial charge in [-0.3, -0.25) is 14.4 Å². The van der Waals surface area contributed by atoms with E-state index in [0.29, 0.717) is 21.7 Å². The van der Waals surface area contributed by atoms with Gasteiger partial charge >= 0.3 is 6.61 Å². The molecular formula is C23H25ClF2N4O5S. The van der Waals surface area contributed by atoms with Crippen molar-refractivity contribution in [1.29, 1.82) is 0 Å². The molecule has 1 aliphatic carbocycles. The third-order valence-corrected chi connectivity index (χ3v) is 6.88. The quantitative estimate of drug-likeness (QED) is 0.403. The van der Waals surface area contributed by atoms with Crippen LogP contribution in [0.2, 0.25) is 4.34 Å². The van der Waals surface area contributed by atoms with Crippen molar-refractivity contribution < 1.29 is 32.6 Å². The standard InChI is InChI=1S/C23H25ClF2N4O5S/c24-19-6-5-18(36-19)22(33)28-11-15(27-10-13-1-2-13)21(32)29-14-3-4-16(17(9-14)35-23(25)26)30-7-8-34-12-20(30)31/h3-6,9,13,15,23,27H,1-2,7-8,10-12H2,(H,28,33)(H,29,32)/t15-/m1/s1. The molecule has 3 amide bonds. The molecule has 0 unspecified atom stereocenters. The minimum Gasteiger partial charge on any atom is -0.433 e. The molecule has 0 radical (unpaired) electrons. The Morgan fingerprint density at radius 1 is 1.25 bits per heavy atom. The van der Waals surface area contributed by atoms with E-state index in [9.17, 15) is 23.2 Å². The topological polar surface area (TPSA) is 109 Å². The lowest BCUT2D eigenvalue weighted by Gasteiger charge is -2.28. The van der Waals surface area contributed by atoms with Gasteiger partial charge in [-0.15, -0.1) is 11.3 Å². The lowest BCUT2D eigenvalue weighted by Crippen LogP contribution is -2.49. The molecule has 1 saturated heterocycles. The third kappa shape index (κ3) is 7.12. The van der Waals surface area contributed by atoms with E-state index < -0.39 is 18.6 Å². The van der Waals surface area contributed by atoms with Crippen molar-refractivity contribution in [3.63, 3.8) is 0 Å². The summed E-state index contributed by atoms with van der Waals surface area (Å²) in [6.45, 7) is -2.23. The number of rotatable bonds is 11. The normalized spacial score (nSPS) is 16.7. The second-order valence-electron chi connectivity index (χ2n) is 8.37. The number of ether oxygens (including phenoxy) is 2. The summed E-state index contributed by atoms with van der Waals surface area (Å²) >= 11 is 7.02. The van der Waals surface area contributed by atoms with E-state index >= 15 is 0 Å². The summed E-state index contributed by atoms with van der Waals surface area (Å²) in [5, 5.41) is 8.57. The molecule has 1 aromatic carbocycles. The highest BCUT2D eigenvalue weighted by molar-refractivity contribution is 7.18. The largest absolute Gasteiger partial charge is 0.433 e. The van der Waals surface area contributed by atoms with Crippen molar-refractivity contribution >= 4 is 52.0 Å². The number of alkyl halides is 2. The lowest BCUT2D eigenvalue weighted by atomic mass is 10.2. The lowest BCUT2D eigenvalue weighted by molar-refractivity contribution is -0.125. The first-order valence-corrected chi connectivity index (χ1v) is 12.5. The Morgan fingerprint density at radius 2 is 2.06 bits per heavy atom. The van der Waals surface area contributed by atoms with Crippen LogP contribution in [0.3, 0.4) is 0 Å². The van der Waals surface area contributed by atoms with E-state index in [0.717, 1.165) is 24.2 Å². The number of nitrogens with zero attached hydrogens (tertiary/aromatic N) is 1. The van der Waals surface area contributed by atoms with E-state index in [4.69, 9.17) is 16.3 Å². The maximum Gasteiger partial charge on any atom is 0.387 e. The van der Waals surface area contributed by atoms with Crippen LogP contribution in [0.5, 0.6) is 5.75 Å². The van der Waals surface area contributed by atoms with Gasteiger partial charge in [0.05, 0.1) is 21.5 Å². The van der Waals surface area contributed by atoms with Crippen molar-refractivity contribution in [3.05, 3.63) is 39.5 Å². The van der Waals surface area contributed by atoms with Crippen molar-refractivity contribution in [1.82, 2.24) is 10.6 Å². The van der Waals surface area contributed by atoms with E-state index in [-0.39, 0.29) is 55.2 Å². The predicted molar refractivity (Wildman–Crippen MR) is 131 cm³/mol. The van der Waals surface area contributed by atoms with Crippen molar-refractivity contribution in [2.45, 2.75) is 25.5 Å². The number of amides is 3. The maximum atomic E-state index is 13.1. The first-order chi connectivity index (χ1) is 17.3. The van der Waals surface area contributed by atoms with Crippen LogP contribution >= 0.6 is 22.9 Å². The Hall–Kier alpha value is -2.80. The summed E-state index contributed by atoms with van der Waals surface area (Å²) in [7, 11) is 0. The van der Waals surface area contributed by atoms with Gasteiger partial charge in [0.25, 0.3) is 11.8 Å². The van der Waals surface area contributed by atoms with Crippen molar-refractivity contribution in [2.75, 3.05) is 43.1 Å². The highest BCUT2D eigenvalue weighted by Gasteiger charge is 2.27. The Morgan fingerprint density at radius 3 is 2.72 bits per heavy atom. The Balaban J connectivity index is 1.46. The zero-order valence-electron chi connectivity index (χ0n) is 19.1. The highest BCUT2D eigenvalue weighted by Crippen LogP contribution is 2.34. The van der Waals surface area contributed by atoms with Crippen LogP contribution in [0.4, 0.5) is 20.2 Å². The van der Waals surface area contributed by atoms with E-state index in [1.165, 1.54) is 23.1 Å². The number of halogens is 3. The summed E-state index contributed by atoms with van der Waals surface area (Å²) in [6, 6.07) is 6.62. The fraction of sp³-hybridized carbons (Fsp3) is 0.435. The molecule has 194 valence electrons. The van der Waals surface area contributed by atoms with Crippen LogP contribution in [0.15, 0.2) is 30.3 Å². The fourth-order valence-electron chi connectivity index (χ4n) is 3.61. The zero-order chi connectivity index (χ0) is 25.7. The van der Waals surface area contributed by atoms with E-state index in [1.54, 1.807) is 12.1 Å². The Kier molecular flexibility index (Phi) is 8.72. The molecule has 2 aromatic rings. The van der Waals surface area contributed by atoms with Gasteiger partial charge in [0, 0.05) is 24.8 Å². The van der Waals surface area contributed by atoms with Crippen LogP contribution < -0.4 is 25.6 Å². The van der Waals surface area contributed by atoms with E-state index in [1.807, 2.05) is 0 Å². The maximum absolute atomic E-state index is 13.1. The van der Waals surface area contributed by atoms with Gasteiger partial charge in [0.15, 0.2) is 5.75 Å². The average Bonchev–Trinajstić information content (AvgIpc) is 3.57. The summed E-state index contributed by atoms with van der Waals surface area (Å²) in [4.78, 5) is 39.4. The average molecular weight is 543 g/mol. The van der Waals surface area contributed by atoms with Gasteiger partial charge in [0.2, 0.25) is 5.91 Å². The van der Waals surface area contributed by atoms with Crippen LogP contribution in [0.25, 0.3) is 0 Å². The summed E-state index contributed by atoms with van der Waals surface area (Å²) in [6.07, 6.45) is 2.13. The van der Waals surface area contributed by atoms with Gasteiger partial charge in [0.1, 0.15) is 12.6 Å². The van der Waals surface area contributed by atoms with Crippen LogP contribution in [-0.4, -0.2) is 63.2 Å². The number of carbonyl (C=O) groups is 3. The number of thiophene rings is 1. The van der Waals surface area contributed by atoms with Crippen LogP contribution in [0, 0.1) is 5.92 Å². The number of benzene rings is 1. The van der Waals surface area contributed by atoms with Gasteiger partial charge in [-0.05, 0) is 49.6 Å². The van der Waals surface area contributed by atoms with Gasteiger partial charge in [-0.25, -0.2) is 0 Å². The van der Waals surface area contributed by atoms with Gasteiger partial charge < -0.3 is 30.3 Å². The molecule has 2 aliphatic rings. The van der Waals surface area contributed by atoms with Crippen LogP contribution in [-0.2, 0) is 14.3 Å². The molecule has 0 bridgehead atoms. The number of hydrogen-bond acceptors (Lipinski definition) is 7. The first-order valence-electron chi connectivity index (χ1n) is 11.3. The fourth-order valence-corrected chi connectivity index (χ4v) is 4.57. The number of morpholine rings is 1. The van der Waals surface area contributed by atoms with Crippen molar-refractivity contribution in [2.24, 2.45) is 5.92 Å². The molecule has 2 fully saturated rings. The molecule has 1 aliphatic heterocycles. The van der Waals surface area contributed by atoms with Crippen molar-refractivity contribution in [3.8, 4) is 5.75 Å². The van der Waals surface area contributed by atoms with Gasteiger partial charge in [-0.2, -0.15) is 8.78 Å². The molecule has 3 N–H and O–H groups in total. The molecule has 1 aromatic heterocycles. The molecule has 36 heavy (non-hydrogen) atoms. The zero-order valence-corrected chi connectivity index (χ0v) is 20.7. The smallest absolute Gasteiger partial charge is 0.387 e. The molecule has 1 atom stereocenters. The number of carbonyl (C=O) groups excluding carboxylic acids is 3. The first kappa shape index (κ1) is 26.3. The molecule has 2 heterocycles. The number of hydrogen-bond donors (Lipinski definition) is 3. The molecule has 0 spiro atoms. The minimum atomic E-state index is -3.13. The van der Waals surface area contributed by atoms with Crippen LogP contribution in [0.1, 0.15) is 22.5 Å². The molecule has 9 nitrogen and oxygen atoms in total. The Labute approximate surface area is 215 Å². The highest BCUT2D eigenvalue weighted by atomic mass is 35.5. The molecular weight excluding hydrogens is 518 g/mol. The minimum absolute atomic E-state index is 0.00760. The number of anilines is 2. The molecule has 13 heteroatoms. The second kappa shape index (κ2) is 12.0. The summed E-state index contributed by atoms with van der Waals surface area (Å²) in [5.41, 5.74) is 0.363. The summed E-state index contributed by atoms with van der Waals surface area (Å²) < 4.78 is 36.4. The van der Waals surface area contributed by atoms with E-state index in [2.05, 4.69) is 20.7 Å². The van der Waals surface area contributed by atoms with Gasteiger partial charge in [-0.1, -0.05) is 11.6 Å². The Bertz CT molecular complexity index is 1110. The summed E-state index contributed by atoms with van der Waals surface area (Å²) in [5.74, 6) is -0.973. The molecule has 1 saturated carbocycles. The number of nitrogens with one attached hydrogen (secondary N) is 3.